The molecule has 0 bridgehead atoms. The van der Waals surface area contributed by atoms with Gasteiger partial charge in [0.05, 0.1) is 11.7 Å². The lowest BCUT2D eigenvalue weighted by Gasteiger charge is -2.37. The average molecular weight is 265 g/mol. The second kappa shape index (κ2) is 5.90. The predicted molar refractivity (Wildman–Crippen MR) is 75.3 cm³/mol. The van der Waals surface area contributed by atoms with Crippen molar-refractivity contribution in [3.8, 4) is 0 Å². The van der Waals surface area contributed by atoms with Crippen LogP contribution in [0.15, 0.2) is 24.3 Å². The number of anilines is 1. The maximum absolute atomic E-state index is 10.5. The summed E-state index contributed by atoms with van der Waals surface area (Å²) >= 11 is 0. The molecular formula is C15H23NO3. The molecule has 4 heteroatoms. The third kappa shape index (κ3) is 3.47. The predicted octanol–water partition coefficient (Wildman–Crippen LogP) is 1.72. The van der Waals surface area contributed by atoms with Gasteiger partial charge in [0.2, 0.25) is 0 Å². The summed E-state index contributed by atoms with van der Waals surface area (Å²) in [7, 11) is 1.95. The average Bonchev–Trinajstić information content (AvgIpc) is 2.39. The summed E-state index contributed by atoms with van der Waals surface area (Å²) in [5.41, 5.74) is 1.16. The Labute approximate surface area is 114 Å². The van der Waals surface area contributed by atoms with Crippen LogP contribution in [0.25, 0.3) is 0 Å². The number of aliphatic hydroxyl groups excluding tert-OH is 1. The molecule has 0 spiro atoms. The van der Waals surface area contributed by atoms with Crippen LogP contribution in [0.2, 0.25) is 0 Å². The normalized spacial score (nSPS) is 20.0. The second-order valence-corrected chi connectivity index (χ2v) is 5.43. The lowest BCUT2D eigenvalue weighted by molar-refractivity contribution is -0.0573. The number of rotatable bonds is 4. The van der Waals surface area contributed by atoms with E-state index in [9.17, 15) is 10.2 Å². The summed E-state index contributed by atoms with van der Waals surface area (Å²) in [5.74, 6) is 0. The molecule has 1 saturated heterocycles. The maximum Gasteiger partial charge on any atom is 0.0865 e. The van der Waals surface area contributed by atoms with Crippen molar-refractivity contribution >= 4 is 5.69 Å². The van der Waals surface area contributed by atoms with Crippen LogP contribution in [-0.2, 0) is 4.74 Å². The fraction of sp³-hybridized carbons (Fsp3) is 0.600. The number of para-hydroxylation sites is 1. The van der Waals surface area contributed by atoms with Gasteiger partial charge in [-0.2, -0.15) is 0 Å². The van der Waals surface area contributed by atoms with E-state index in [2.05, 4.69) is 0 Å². The van der Waals surface area contributed by atoms with Crippen LogP contribution >= 0.6 is 0 Å². The monoisotopic (exact) mass is 265 g/mol. The Morgan fingerprint density at radius 2 is 1.95 bits per heavy atom. The minimum absolute atomic E-state index is 0.511. The largest absolute Gasteiger partial charge is 0.389 e. The van der Waals surface area contributed by atoms with E-state index in [0.717, 1.165) is 11.3 Å². The van der Waals surface area contributed by atoms with Gasteiger partial charge in [0, 0.05) is 50.9 Å². The van der Waals surface area contributed by atoms with Crippen LogP contribution in [0.1, 0.15) is 31.4 Å². The van der Waals surface area contributed by atoms with Crippen LogP contribution in [0.4, 0.5) is 5.69 Å². The molecule has 2 rings (SSSR count). The highest BCUT2D eigenvalue weighted by Gasteiger charge is 2.31. The molecule has 1 heterocycles. The first-order valence-corrected chi connectivity index (χ1v) is 6.80. The van der Waals surface area contributed by atoms with Gasteiger partial charge >= 0.3 is 0 Å². The van der Waals surface area contributed by atoms with Gasteiger partial charge in [0.1, 0.15) is 0 Å². The molecule has 1 aromatic carbocycles. The van der Waals surface area contributed by atoms with Gasteiger partial charge in [-0.3, -0.25) is 0 Å². The lowest BCUT2D eigenvalue weighted by Crippen LogP contribution is -2.46. The van der Waals surface area contributed by atoms with Gasteiger partial charge in [-0.05, 0) is 13.0 Å². The number of aliphatic hydroxyl groups is 2. The Morgan fingerprint density at radius 1 is 1.32 bits per heavy atom. The van der Waals surface area contributed by atoms with Gasteiger partial charge in [-0.1, -0.05) is 18.2 Å². The molecule has 0 aliphatic carbocycles. The zero-order chi connectivity index (χ0) is 13.9. The summed E-state index contributed by atoms with van der Waals surface area (Å²) in [6.07, 6.45) is 0.811. The molecular weight excluding hydrogens is 242 g/mol. The van der Waals surface area contributed by atoms with E-state index in [4.69, 9.17) is 4.74 Å². The second-order valence-electron chi connectivity index (χ2n) is 5.43. The van der Waals surface area contributed by atoms with E-state index in [1.165, 1.54) is 0 Å². The molecule has 0 radical (unpaired) electrons. The fourth-order valence-electron chi connectivity index (χ4n) is 2.62. The topological polar surface area (TPSA) is 52.9 Å². The summed E-state index contributed by atoms with van der Waals surface area (Å²) in [4.78, 5) is 2.02. The number of hydrogen-bond acceptors (Lipinski definition) is 4. The van der Waals surface area contributed by atoms with Crippen molar-refractivity contribution in [2.75, 3.05) is 31.7 Å². The van der Waals surface area contributed by atoms with Gasteiger partial charge in [-0.15, -0.1) is 0 Å². The Balaban J connectivity index is 2.13. The number of nitrogens with zero attached hydrogens (tertiary/aromatic N) is 1. The van der Waals surface area contributed by atoms with E-state index in [1.807, 2.05) is 36.2 Å². The van der Waals surface area contributed by atoms with Crippen LogP contribution in [0.3, 0.4) is 0 Å². The van der Waals surface area contributed by atoms with Crippen molar-refractivity contribution in [1.29, 1.82) is 0 Å². The highest BCUT2D eigenvalue weighted by molar-refractivity contribution is 5.54. The van der Waals surface area contributed by atoms with Crippen molar-refractivity contribution in [2.24, 2.45) is 0 Å². The molecule has 1 atom stereocenters. The molecule has 1 unspecified atom stereocenters. The molecule has 1 aromatic rings. The van der Waals surface area contributed by atoms with Crippen molar-refractivity contribution in [2.45, 2.75) is 31.5 Å². The molecule has 1 fully saturated rings. The first-order chi connectivity index (χ1) is 9.02. The minimum Gasteiger partial charge on any atom is -0.389 e. The number of ether oxygens (including phenoxy) is 1. The van der Waals surface area contributed by atoms with Crippen molar-refractivity contribution in [3.05, 3.63) is 29.8 Å². The Bertz CT molecular complexity index is 414. The first kappa shape index (κ1) is 14.3. The third-order valence-corrected chi connectivity index (χ3v) is 3.75. The Kier molecular flexibility index (Phi) is 4.45. The highest BCUT2D eigenvalue weighted by Crippen LogP contribution is 2.28. The molecule has 2 N–H and O–H groups in total. The number of hydrogen-bond donors (Lipinski definition) is 2. The van der Waals surface area contributed by atoms with Crippen molar-refractivity contribution in [1.82, 2.24) is 0 Å². The molecule has 106 valence electrons. The number of likely N-dealkylation sites (N-methyl/N-ethyl adjacent to an activating group) is 1. The van der Waals surface area contributed by atoms with Gasteiger partial charge in [0.15, 0.2) is 0 Å². The maximum atomic E-state index is 10.5. The zero-order valence-corrected chi connectivity index (χ0v) is 11.7. The summed E-state index contributed by atoms with van der Waals surface area (Å²) in [6, 6.07) is 7.77. The molecule has 0 saturated carbocycles. The highest BCUT2D eigenvalue weighted by atomic mass is 16.5. The van der Waals surface area contributed by atoms with E-state index >= 15 is 0 Å². The Hall–Kier alpha value is -1.10. The van der Waals surface area contributed by atoms with Crippen LogP contribution in [0, 0.1) is 0 Å². The van der Waals surface area contributed by atoms with Gasteiger partial charge in [-0.25, -0.2) is 0 Å². The van der Waals surface area contributed by atoms with Crippen LogP contribution in [-0.4, -0.2) is 42.6 Å². The van der Waals surface area contributed by atoms with Crippen LogP contribution in [0.5, 0.6) is 0 Å². The van der Waals surface area contributed by atoms with Gasteiger partial charge < -0.3 is 19.8 Å². The van der Waals surface area contributed by atoms with Crippen molar-refractivity contribution in [3.63, 3.8) is 0 Å². The fourth-order valence-corrected chi connectivity index (χ4v) is 2.62. The smallest absolute Gasteiger partial charge is 0.0865 e. The number of benzene rings is 1. The van der Waals surface area contributed by atoms with E-state index in [0.29, 0.717) is 32.6 Å². The minimum atomic E-state index is -0.696. The summed E-state index contributed by atoms with van der Waals surface area (Å²) in [6.45, 7) is 3.54. The van der Waals surface area contributed by atoms with E-state index in [-0.39, 0.29) is 0 Å². The molecule has 19 heavy (non-hydrogen) atoms. The van der Waals surface area contributed by atoms with E-state index < -0.39 is 11.7 Å². The summed E-state index contributed by atoms with van der Waals surface area (Å²) < 4.78 is 5.30. The van der Waals surface area contributed by atoms with Crippen LogP contribution < -0.4 is 4.90 Å². The molecule has 4 nitrogen and oxygen atoms in total. The molecule has 1 aliphatic heterocycles. The molecule has 1 aliphatic rings. The molecule has 0 amide bonds. The van der Waals surface area contributed by atoms with E-state index in [1.54, 1.807) is 6.92 Å². The third-order valence-electron chi connectivity index (χ3n) is 3.75. The molecule has 0 aromatic heterocycles. The standard InChI is InChI=1S/C15H23NO3/c1-12(17)13-5-3-4-6-14(13)16(2)11-15(18)7-9-19-10-8-15/h3-6,12,17-18H,7-11H2,1-2H3. The SMILES string of the molecule is CC(O)c1ccccc1N(C)CC1(O)CCOCC1. The Morgan fingerprint density at radius 3 is 2.58 bits per heavy atom. The first-order valence-electron chi connectivity index (χ1n) is 6.80. The quantitative estimate of drug-likeness (QED) is 0.870. The zero-order valence-electron chi connectivity index (χ0n) is 11.7. The van der Waals surface area contributed by atoms with Crippen molar-refractivity contribution < 1.29 is 14.9 Å². The lowest BCUT2D eigenvalue weighted by atomic mass is 9.93. The summed E-state index contributed by atoms with van der Waals surface area (Å²) in [5, 5.41) is 20.4. The van der Waals surface area contributed by atoms with Gasteiger partial charge in [0.25, 0.3) is 0 Å².